The number of carbonyl (C=O) groups is 1. The molecule has 1 aliphatic carbocycles. The van der Waals surface area contributed by atoms with Gasteiger partial charge in [0.2, 0.25) is 0 Å². The molecular weight excluding hydrogens is 398 g/mol. The second-order valence-corrected chi connectivity index (χ2v) is 10.0. The SMILES string of the molecule is O=C(NCC1(N2CCCCC2)CCCCC1)c1ccccc1SCc1cscn1. The minimum atomic E-state index is 0.0633. The quantitative estimate of drug-likeness (QED) is 0.602. The normalized spacial score (nSPS) is 19.7. The fraction of sp³-hybridized carbons (Fsp3) is 0.565. The van der Waals surface area contributed by atoms with E-state index in [1.165, 1.54) is 64.5 Å². The second kappa shape index (κ2) is 10.1. The molecule has 1 aliphatic heterocycles. The van der Waals surface area contributed by atoms with Crippen LogP contribution < -0.4 is 5.32 Å². The van der Waals surface area contributed by atoms with E-state index in [9.17, 15) is 4.79 Å². The number of carbonyl (C=O) groups excluding carboxylic acids is 1. The second-order valence-electron chi connectivity index (χ2n) is 8.28. The van der Waals surface area contributed by atoms with Crippen molar-refractivity contribution in [1.29, 1.82) is 0 Å². The molecule has 156 valence electrons. The highest BCUT2D eigenvalue weighted by atomic mass is 32.2. The molecule has 2 fully saturated rings. The van der Waals surface area contributed by atoms with E-state index in [-0.39, 0.29) is 11.4 Å². The van der Waals surface area contributed by atoms with Gasteiger partial charge in [0.25, 0.3) is 5.91 Å². The van der Waals surface area contributed by atoms with E-state index in [2.05, 4.69) is 20.6 Å². The summed E-state index contributed by atoms with van der Waals surface area (Å²) in [5, 5.41) is 5.40. The Hall–Kier alpha value is -1.37. The Kier molecular flexibility index (Phi) is 7.27. The lowest BCUT2D eigenvalue weighted by atomic mass is 9.79. The van der Waals surface area contributed by atoms with Crippen LogP contribution >= 0.6 is 23.1 Å². The van der Waals surface area contributed by atoms with Crippen LogP contribution in [0.4, 0.5) is 0 Å². The van der Waals surface area contributed by atoms with Gasteiger partial charge >= 0.3 is 0 Å². The summed E-state index contributed by atoms with van der Waals surface area (Å²) in [5.41, 5.74) is 3.88. The van der Waals surface area contributed by atoms with E-state index < -0.39 is 0 Å². The third-order valence-corrected chi connectivity index (χ3v) is 8.12. The number of rotatable bonds is 7. The molecule has 1 saturated heterocycles. The first-order chi connectivity index (χ1) is 14.3. The third-order valence-electron chi connectivity index (χ3n) is 6.38. The summed E-state index contributed by atoms with van der Waals surface area (Å²) in [4.78, 5) is 21.2. The average Bonchev–Trinajstić information content (AvgIpc) is 3.31. The van der Waals surface area contributed by atoms with Crippen molar-refractivity contribution in [2.45, 2.75) is 67.6 Å². The van der Waals surface area contributed by atoms with E-state index >= 15 is 0 Å². The predicted molar refractivity (Wildman–Crippen MR) is 122 cm³/mol. The molecule has 0 atom stereocenters. The van der Waals surface area contributed by atoms with Gasteiger partial charge in [0.15, 0.2) is 0 Å². The van der Waals surface area contributed by atoms with Crippen LogP contribution in [0.5, 0.6) is 0 Å². The summed E-state index contributed by atoms with van der Waals surface area (Å²) in [6, 6.07) is 7.97. The summed E-state index contributed by atoms with van der Waals surface area (Å²) >= 11 is 3.31. The number of piperidine rings is 1. The molecule has 1 saturated carbocycles. The van der Waals surface area contributed by atoms with Crippen LogP contribution in [-0.2, 0) is 5.75 Å². The van der Waals surface area contributed by atoms with Crippen LogP contribution in [0.1, 0.15) is 67.4 Å². The van der Waals surface area contributed by atoms with Crippen LogP contribution in [0.25, 0.3) is 0 Å². The van der Waals surface area contributed by atoms with Crippen molar-refractivity contribution in [3.05, 3.63) is 46.4 Å². The van der Waals surface area contributed by atoms with E-state index in [1.54, 1.807) is 23.1 Å². The number of hydrogen-bond acceptors (Lipinski definition) is 5. The van der Waals surface area contributed by atoms with Crippen molar-refractivity contribution in [3.63, 3.8) is 0 Å². The molecule has 6 heteroatoms. The number of aromatic nitrogens is 1. The van der Waals surface area contributed by atoms with Gasteiger partial charge in [-0.2, -0.15) is 0 Å². The van der Waals surface area contributed by atoms with E-state index in [4.69, 9.17) is 0 Å². The molecule has 1 N–H and O–H groups in total. The van der Waals surface area contributed by atoms with Crippen LogP contribution in [-0.4, -0.2) is 41.0 Å². The molecule has 1 amide bonds. The Morgan fingerprint density at radius 1 is 1.10 bits per heavy atom. The van der Waals surface area contributed by atoms with Gasteiger partial charge < -0.3 is 5.32 Å². The lowest BCUT2D eigenvalue weighted by Crippen LogP contribution is -2.58. The molecule has 2 heterocycles. The van der Waals surface area contributed by atoms with E-state index in [0.717, 1.165) is 28.5 Å². The highest BCUT2D eigenvalue weighted by Gasteiger charge is 2.38. The maximum atomic E-state index is 13.1. The van der Waals surface area contributed by atoms with E-state index in [0.29, 0.717) is 0 Å². The molecule has 2 aromatic rings. The first-order valence-electron chi connectivity index (χ1n) is 10.9. The molecule has 1 aromatic carbocycles. The maximum absolute atomic E-state index is 13.1. The molecule has 29 heavy (non-hydrogen) atoms. The molecular formula is C23H31N3OS2. The molecule has 0 spiro atoms. The topological polar surface area (TPSA) is 45.2 Å². The number of nitrogens with zero attached hydrogens (tertiary/aromatic N) is 2. The van der Waals surface area contributed by atoms with Gasteiger partial charge in [0.1, 0.15) is 0 Å². The Morgan fingerprint density at radius 3 is 2.62 bits per heavy atom. The van der Waals surface area contributed by atoms with Crippen molar-refractivity contribution in [3.8, 4) is 0 Å². The number of nitrogens with one attached hydrogen (secondary N) is 1. The van der Waals surface area contributed by atoms with Crippen LogP contribution in [0.3, 0.4) is 0 Å². The molecule has 4 nitrogen and oxygen atoms in total. The number of benzene rings is 1. The van der Waals surface area contributed by atoms with Gasteiger partial charge in [0, 0.05) is 28.1 Å². The number of thiazole rings is 1. The lowest BCUT2D eigenvalue weighted by molar-refractivity contribution is 0.0326. The summed E-state index contributed by atoms with van der Waals surface area (Å²) in [6.45, 7) is 3.16. The molecule has 4 rings (SSSR count). The predicted octanol–water partition coefficient (Wildman–Crippen LogP) is 5.35. The zero-order valence-corrected chi connectivity index (χ0v) is 18.7. The molecule has 0 radical (unpaired) electrons. The smallest absolute Gasteiger partial charge is 0.252 e. The average molecular weight is 430 g/mol. The van der Waals surface area contributed by atoms with E-state index in [1.807, 2.05) is 29.8 Å². The number of likely N-dealkylation sites (tertiary alicyclic amines) is 1. The van der Waals surface area contributed by atoms with Crippen LogP contribution in [0.15, 0.2) is 40.1 Å². The van der Waals surface area contributed by atoms with Gasteiger partial charge in [-0.1, -0.05) is 37.8 Å². The number of thioether (sulfide) groups is 1. The fourth-order valence-corrected chi connectivity index (χ4v) is 6.38. The Bertz CT molecular complexity index is 781. The monoisotopic (exact) mass is 429 g/mol. The summed E-state index contributed by atoms with van der Waals surface area (Å²) in [7, 11) is 0. The standard InChI is InChI=1S/C23H31N3OS2/c27-22(20-9-3-4-10-21(20)29-16-19-15-28-18-25-19)24-17-23(11-5-1-6-12-23)26-13-7-2-8-14-26/h3-4,9-10,15,18H,1-2,5-8,11-14,16-17H2,(H,24,27). The van der Waals surface area contributed by atoms with Gasteiger partial charge in [-0.25, -0.2) is 4.98 Å². The Labute approximate surface area is 182 Å². The highest BCUT2D eigenvalue weighted by Crippen LogP contribution is 2.35. The van der Waals surface area contributed by atoms with Crippen molar-refractivity contribution in [2.75, 3.05) is 19.6 Å². The molecule has 2 aliphatic rings. The first-order valence-corrected chi connectivity index (χ1v) is 12.8. The van der Waals surface area contributed by atoms with Crippen molar-refractivity contribution >= 4 is 29.0 Å². The third kappa shape index (κ3) is 5.22. The lowest BCUT2D eigenvalue weighted by Gasteiger charge is -2.48. The van der Waals surface area contributed by atoms with Crippen molar-refractivity contribution in [1.82, 2.24) is 15.2 Å². The highest BCUT2D eigenvalue weighted by molar-refractivity contribution is 7.98. The summed E-state index contributed by atoms with van der Waals surface area (Å²) in [6.07, 6.45) is 10.3. The minimum absolute atomic E-state index is 0.0633. The summed E-state index contributed by atoms with van der Waals surface area (Å²) < 4.78 is 0. The molecule has 0 bridgehead atoms. The zero-order chi connectivity index (χ0) is 19.9. The molecule has 0 unspecified atom stereocenters. The number of hydrogen-bond donors (Lipinski definition) is 1. The minimum Gasteiger partial charge on any atom is -0.350 e. The van der Waals surface area contributed by atoms with Crippen LogP contribution in [0, 0.1) is 0 Å². The van der Waals surface area contributed by atoms with Gasteiger partial charge in [-0.05, 0) is 50.9 Å². The molecule has 1 aromatic heterocycles. The number of amides is 1. The summed E-state index contributed by atoms with van der Waals surface area (Å²) in [5.74, 6) is 0.860. The van der Waals surface area contributed by atoms with Gasteiger partial charge in [0.05, 0.1) is 16.8 Å². The largest absolute Gasteiger partial charge is 0.350 e. The zero-order valence-electron chi connectivity index (χ0n) is 17.1. The Morgan fingerprint density at radius 2 is 1.86 bits per heavy atom. The fourth-order valence-electron chi connectivity index (χ4n) is 4.76. The maximum Gasteiger partial charge on any atom is 0.252 e. The van der Waals surface area contributed by atoms with Gasteiger partial charge in [-0.15, -0.1) is 23.1 Å². The van der Waals surface area contributed by atoms with Crippen molar-refractivity contribution in [2.24, 2.45) is 0 Å². The first kappa shape index (κ1) is 20.9. The van der Waals surface area contributed by atoms with Crippen LogP contribution in [0.2, 0.25) is 0 Å². The van der Waals surface area contributed by atoms with Crippen molar-refractivity contribution < 1.29 is 4.79 Å². The Balaban J connectivity index is 1.42. The van der Waals surface area contributed by atoms with Gasteiger partial charge in [-0.3, -0.25) is 9.69 Å².